The van der Waals surface area contributed by atoms with E-state index in [4.69, 9.17) is 4.52 Å². The number of H-pyrrole nitrogens is 1. The Balaban J connectivity index is 2.18. The van der Waals surface area contributed by atoms with E-state index in [0.29, 0.717) is 0 Å². The van der Waals surface area contributed by atoms with Crippen LogP contribution in [-0.4, -0.2) is 15.1 Å². The topological polar surface area (TPSA) is 54.7 Å². The molecule has 0 aliphatic heterocycles. The standard InChI is InChI=1S/C11H9N3O/c1-7-4-11(15-14-7)8-2-3-9-10(5-8)13-6-12-9/h2-6H,1H3,(H,12,13). The highest BCUT2D eigenvalue weighted by Gasteiger charge is 2.05. The number of aryl methyl sites for hydroxylation is 1. The molecule has 15 heavy (non-hydrogen) atoms. The Morgan fingerprint density at radius 2 is 2.20 bits per heavy atom. The van der Waals surface area contributed by atoms with Gasteiger partial charge < -0.3 is 9.51 Å². The van der Waals surface area contributed by atoms with E-state index < -0.39 is 0 Å². The smallest absolute Gasteiger partial charge is 0.167 e. The highest BCUT2D eigenvalue weighted by molar-refractivity contribution is 5.80. The van der Waals surface area contributed by atoms with Crippen molar-refractivity contribution in [2.45, 2.75) is 6.92 Å². The lowest BCUT2D eigenvalue weighted by Gasteiger charge is -1.94. The summed E-state index contributed by atoms with van der Waals surface area (Å²) in [5, 5.41) is 3.86. The second-order valence-electron chi connectivity index (χ2n) is 3.47. The maximum Gasteiger partial charge on any atom is 0.167 e. The fourth-order valence-corrected chi connectivity index (χ4v) is 1.59. The van der Waals surface area contributed by atoms with Gasteiger partial charge in [0.15, 0.2) is 5.76 Å². The summed E-state index contributed by atoms with van der Waals surface area (Å²) < 4.78 is 5.19. The number of aromatic amines is 1. The molecule has 1 N–H and O–H groups in total. The van der Waals surface area contributed by atoms with Gasteiger partial charge in [0, 0.05) is 11.6 Å². The summed E-state index contributed by atoms with van der Waals surface area (Å²) in [5.41, 5.74) is 3.85. The van der Waals surface area contributed by atoms with Gasteiger partial charge in [-0.3, -0.25) is 0 Å². The number of hydrogen-bond acceptors (Lipinski definition) is 3. The molecular formula is C11H9N3O. The minimum atomic E-state index is 0.781. The van der Waals surface area contributed by atoms with E-state index in [2.05, 4.69) is 15.1 Å². The number of nitrogens with zero attached hydrogens (tertiary/aromatic N) is 2. The van der Waals surface area contributed by atoms with Crippen LogP contribution < -0.4 is 0 Å². The molecule has 3 rings (SSSR count). The van der Waals surface area contributed by atoms with Crippen LogP contribution >= 0.6 is 0 Å². The molecule has 0 fully saturated rings. The molecule has 0 spiro atoms. The first-order valence-electron chi connectivity index (χ1n) is 4.70. The molecule has 4 heteroatoms. The van der Waals surface area contributed by atoms with Gasteiger partial charge in [0.05, 0.1) is 23.1 Å². The van der Waals surface area contributed by atoms with E-state index in [1.54, 1.807) is 6.33 Å². The van der Waals surface area contributed by atoms with Crippen LogP contribution in [0.4, 0.5) is 0 Å². The van der Waals surface area contributed by atoms with Gasteiger partial charge in [0.1, 0.15) is 0 Å². The number of aromatic nitrogens is 3. The van der Waals surface area contributed by atoms with E-state index in [-0.39, 0.29) is 0 Å². The summed E-state index contributed by atoms with van der Waals surface area (Å²) in [6.07, 6.45) is 1.68. The van der Waals surface area contributed by atoms with E-state index in [9.17, 15) is 0 Å². The normalized spacial score (nSPS) is 11.0. The van der Waals surface area contributed by atoms with Crippen molar-refractivity contribution in [1.29, 1.82) is 0 Å². The van der Waals surface area contributed by atoms with Crippen molar-refractivity contribution in [2.24, 2.45) is 0 Å². The number of benzene rings is 1. The largest absolute Gasteiger partial charge is 0.356 e. The molecule has 2 heterocycles. The lowest BCUT2D eigenvalue weighted by atomic mass is 10.1. The molecule has 0 saturated carbocycles. The van der Waals surface area contributed by atoms with Crippen molar-refractivity contribution < 1.29 is 4.52 Å². The van der Waals surface area contributed by atoms with Crippen LogP contribution in [0.15, 0.2) is 35.1 Å². The van der Waals surface area contributed by atoms with Crippen molar-refractivity contribution in [3.63, 3.8) is 0 Å². The second-order valence-corrected chi connectivity index (χ2v) is 3.47. The van der Waals surface area contributed by atoms with E-state index in [1.807, 2.05) is 31.2 Å². The van der Waals surface area contributed by atoms with E-state index in [1.165, 1.54) is 0 Å². The molecule has 0 bridgehead atoms. The molecule has 74 valence electrons. The number of rotatable bonds is 1. The third-order valence-corrected chi connectivity index (χ3v) is 2.33. The molecular weight excluding hydrogens is 190 g/mol. The van der Waals surface area contributed by atoms with Crippen LogP contribution in [0.25, 0.3) is 22.4 Å². The highest BCUT2D eigenvalue weighted by atomic mass is 16.5. The van der Waals surface area contributed by atoms with Crippen LogP contribution in [0.1, 0.15) is 5.69 Å². The Morgan fingerprint density at radius 1 is 1.27 bits per heavy atom. The lowest BCUT2D eigenvalue weighted by molar-refractivity contribution is 0.427. The molecule has 0 atom stereocenters. The van der Waals surface area contributed by atoms with Crippen LogP contribution in [0, 0.1) is 6.92 Å². The van der Waals surface area contributed by atoms with Crippen LogP contribution in [0.3, 0.4) is 0 Å². The molecule has 3 aromatic rings. The quantitative estimate of drug-likeness (QED) is 0.655. The summed E-state index contributed by atoms with van der Waals surface area (Å²) >= 11 is 0. The summed E-state index contributed by atoms with van der Waals surface area (Å²) in [5.74, 6) is 0.781. The number of fused-ring (bicyclic) bond motifs is 1. The van der Waals surface area contributed by atoms with Gasteiger partial charge in [0.2, 0.25) is 0 Å². The maximum atomic E-state index is 5.19. The molecule has 0 radical (unpaired) electrons. The first-order valence-corrected chi connectivity index (χ1v) is 4.70. The molecule has 0 saturated heterocycles. The van der Waals surface area contributed by atoms with Gasteiger partial charge in [-0.25, -0.2) is 4.98 Å². The van der Waals surface area contributed by atoms with Crippen molar-refractivity contribution in [3.8, 4) is 11.3 Å². The van der Waals surface area contributed by atoms with Crippen LogP contribution in [-0.2, 0) is 0 Å². The van der Waals surface area contributed by atoms with E-state index in [0.717, 1.165) is 28.1 Å². The van der Waals surface area contributed by atoms with Gasteiger partial charge in [-0.2, -0.15) is 0 Å². The Kier molecular flexibility index (Phi) is 1.62. The number of nitrogens with one attached hydrogen (secondary N) is 1. The van der Waals surface area contributed by atoms with E-state index >= 15 is 0 Å². The van der Waals surface area contributed by atoms with Crippen molar-refractivity contribution in [2.75, 3.05) is 0 Å². The van der Waals surface area contributed by atoms with Gasteiger partial charge >= 0.3 is 0 Å². The van der Waals surface area contributed by atoms with Crippen LogP contribution in [0.5, 0.6) is 0 Å². The molecule has 0 unspecified atom stereocenters. The zero-order valence-electron chi connectivity index (χ0n) is 8.19. The Hall–Kier alpha value is -2.10. The SMILES string of the molecule is Cc1cc(-c2ccc3nc[nH]c3c2)on1. The van der Waals surface area contributed by atoms with Gasteiger partial charge in [-0.05, 0) is 25.1 Å². The fraction of sp³-hybridized carbons (Fsp3) is 0.0909. The zero-order valence-corrected chi connectivity index (χ0v) is 8.19. The Morgan fingerprint density at radius 3 is 3.00 bits per heavy atom. The first kappa shape index (κ1) is 8.23. The molecule has 2 aromatic heterocycles. The predicted octanol–water partition coefficient (Wildman–Crippen LogP) is 2.53. The summed E-state index contributed by atoms with van der Waals surface area (Å²) in [6, 6.07) is 7.85. The molecule has 0 aliphatic carbocycles. The molecule has 0 aliphatic rings. The van der Waals surface area contributed by atoms with Crippen molar-refractivity contribution >= 4 is 11.0 Å². The Labute approximate surface area is 85.9 Å². The number of hydrogen-bond donors (Lipinski definition) is 1. The molecule has 0 amide bonds. The minimum Gasteiger partial charge on any atom is -0.356 e. The number of imidazole rings is 1. The zero-order chi connectivity index (χ0) is 10.3. The first-order chi connectivity index (χ1) is 7.33. The third kappa shape index (κ3) is 1.30. The van der Waals surface area contributed by atoms with Gasteiger partial charge in [-0.15, -0.1) is 0 Å². The van der Waals surface area contributed by atoms with Crippen LogP contribution in [0.2, 0.25) is 0 Å². The maximum absolute atomic E-state index is 5.19. The summed E-state index contributed by atoms with van der Waals surface area (Å²) in [7, 11) is 0. The lowest BCUT2D eigenvalue weighted by Crippen LogP contribution is -1.74. The second kappa shape index (κ2) is 2.95. The van der Waals surface area contributed by atoms with Gasteiger partial charge in [0.25, 0.3) is 0 Å². The average Bonchev–Trinajstić information content (AvgIpc) is 2.84. The predicted molar refractivity (Wildman–Crippen MR) is 56.3 cm³/mol. The summed E-state index contributed by atoms with van der Waals surface area (Å²) in [6.45, 7) is 1.90. The van der Waals surface area contributed by atoms with Crippen molar-refractivity contribution in [1.82, 2.24) is 15.1 Å². The highest BCUT2D eigenvalue weighted by Crippen LogP contribution is 2.23. The minimum absolute atomic E-state index is 0.781. The third-order valence-electron chi connectivity index (χ3n) is 2.33. The monoisotopic (exact) mass is 199 g/mol. The fourth-order valence-electron chi connectivity index (χ4n) is 1.59. The van der Waals surface area contributed by atoms with Gasteiger partial charge in [-0.1, -0.05) is 5.16 Å². The summed E-state index contributed by atoms with van der Waals surface area (Å²) in [4.78, 5) is 7.22. The molecule has 1 aromatic carbocycles. The Bertz CT molecular complexity index is 609. The average molecular weight is 199 g/mol. The molecule has 4 nitrogen and oxygen atoms in total. The van der Waals surface area contributed by atoms with Crippen molar-refractivity contribution in [3.05, 3.63) is 36.3 Å².